The minimum Gasteiger partial charge on any atom is -0.496 e. The fourth-order valence-electron chi connectivity index (χ4n) is 3.39. The van der Waals surface area contributed by atoms with Crippen LogP contribution in [0.3, 0.4) is 0 Å². The molecule has 0 radical (unpaired) electrons. The zero-order valence-corrected chi connectivity index (χ0v) is 13.6. The lowest BCUT2D eigenvalue weighted by atomic mass is 9.57. The smallest absolute Gasteiger partial charge is 0.122 e. The van der Waals surface area contributed by atoms with Gasteiger partial charge in [-0.3, -0.25) is 0 Å². The summed E-state index contributed by atoms with van der Waals surface area (Å²) in [4.78, 5) is 0. The Balaban J connectivity index is 2.25. The molecule has 3 heteroatoms. The summed E-state index contributed by atoms with van der Waals surface area (Å²) in [6.45, 7) is 6.58. The third kappa shape index (κ3) is 3.12. The van der Waals surface area contributed by atoms with E-state index < -0.39 is 0 Å². The molecule has 112 valence electrons. The Bertz CT molecular complexity index is 441. The highest BCUT2D eigenvalue weighted by Crippen LogP contribution is 2.51. The SMILES string of the molecule is CCCNCC1(c2cc(Cl)ccc2OC)CC(CC)C1. The Morgan fingerprint density at radius 2 is 2.10 bits per heavy atom. The maximum absolute atomic E-state index is 6.22. The first-order valence-electron chi connectivity index (χ1n) is 7.70. The average molecular weight is 296 g/mol. The van der Waals surface area contributed by atoms with Gasteiger partial charge in [0.05, 0.1) is 7.11 Å². The molecule has 0 bridgehead atoms. The van der Waals surface area contributed by atoms with Crippen LogP contribution in [0, 0.1) is 5.92 Å². The van der Waals surface area contributed by atoms with Crippen LogP contribution < -0.4 is 10.1 Å². The van der Waals surface area contributed by atoms with Crippen LogP contribution in [0.2, 0.25) is 5.02 Å². The molecular weight excluding hydrogens is 270 g/mol. The largest absolute Gasteiger partial charge is 0.496 e. The van der Waals surface area contributed by atoms with E-state index >= 15 is 0 Å². The van der Waals surface area contributed by atoms with Crippen LogP contribution in [0.5, 0.6) is 5.75 Å². The van der Waals surface area contributed by atoms with Gasteiger partial charge in [0.25, 0.3) is 0 Å². The molecule has 0 saturated heterocycles. The number of benzene rings is 1. The van der Waals surface area contributed by atoms with E-state index in [0.29, 0.717) is 0 Å². The molecule has 0 amide bonds. The van der Waals surface area contributed by atoms with Crippen molar-refractivity contribution in [1.29, 1.82) is 0 Å². The second-order valence-corrected chi connectivity index (χ2v) is 6.42. The molecule has 0 unspecified atom stereocenters. The highest BCUT2D eigenvalue weighted by molar-refractivity contribution is 6.30. The molecule has 0 heterocycles. The van der Waals surface area contributed by atoms with Crippen molar-refractivity contribution in [1.82, 2.24) is 5.32 Å². The molecule has 2 rings (SSSR count). The average Bonchev–Trinajstić information content (AvgIpc) is 2.41. The van der Waals surface area contributed by atoms with Crippen LogP contribution in [0.1, 0.15) is 45.1 Å². The van der Waals surface area contributed by atoms with Crippen LogP contribution in [-0.2, 0) is 5.41 Å². The first-order valence-corrected chi connectivity index (χ1v) is 8.07. The Kier molecular flexibility index (Phi) is 5.34. The van der Waals surface area contributed by atoms with Crippen molar-refractivity contribution in [3.05, 3.63) is 28.8 Å². The molecule has 0 aromatic heterocycles. The van der Waals surface area contributed by atoms with Gasteiger partial charge in [0, 0.05) is 22.5 Å². The molecule has 1 aromatic carbocycles. The molecule has 0 aliphatic heterocycles. The van der Waals surface area contributed by atoms with E-state index in [1.165, 1.54) is 31.2 Å². The Morgan fingerprint density at radius 1 is 1.35 bits per heavy atom. The van der Waals surface area contributed by atoms with Crippen molar-refractivity contribution in [2.75, 3.05) is 20.2 Å². The first kappa shape index (κ1) is 15.7. The van der Waals surface area contributed by atoms with Gasteiger partial charge >= 0.3 is 0 Å². The molecule has 0 atom stereocenters. The summed E-state index contributed by atoms with van der Waals surface area (Å²) in [6.07, 6.45) is 4.90. The predicted molar refractivity (Wildman–Crippen MR) is 85.9 cm³/mol. The zero-order chi connectivity index (χ0) is 14.6. The first-order chi connectivity index (χ1) is 9.65. The second-order valence-electron chi connectivity index (χ2n) is 5.98. The van der Waals surface area contributed by atoms with Gasteiger partial charge in [-0.15, -0.1) is 0 Å². The highest BCUT2D eigenvalue weighted by atomic mass is 35.5. The van der Waals surface area contributed by atoms with Crippen molar-refractivity contribution in [3.8, 4) is 5.75 Å². The Hall–Kier alpha value is -0.730. The van der Waals surface area contributed by atoms with Gasteiger partial charge in [-0.1, -0.05) is 31.9 Å². The molecule has 0 spiro atoms. The second kappa shape index (κ2) is 6.82. The van der Waals surface area contributed by atoms with Crippen molar-refractivity contribution < 1.29 is 4.74 Å². The highest BCUT2D eigenvalue weighted by Gasteiger charge is 2.45. The lowest BCUT2D eigenvalue weighted by Crippen LogP contribution is -2.48. The summed E-state index contributed by atoms with van der Waals surface area (Å²) in [5, 5.41) is 4.39. The molecular formula is C17H26ClNO. The van der Waals surface area contributed by atoms with Gasteiger partial charge < -0.3 is 10.1 Å². The van der Waals surface area contributed by atoms with Gasteiger partial charge in [0.1, 0.15) is 5.75 Å². The van der Waals surface area contributed by atoms with E-state index in [1.807, 2.05) is 12.1 Å². The minimum atomic E-state index is 0.200. The predicted octanol–water partition coefficient (Wildman–Crippen LogP) is 4.41. The van der Waals surface area contributed by atoms with E-state index in [4.69, 9.17) is 16.3 Å². The van der Waals surface area contributed by atoms with Crippen LogP contribution in [0.25, 0.3) is 0 Å². The van der Waals surface area contributed by atoms with E-state index in [2.05, 4.69) is 25.2 Å². The zero-order valence-electron chi connectivity index (χ0n) is 12.8. The molecule has 20 heavy (non-hydrogen) atoms. The minimum absolute atomic E-state index is 0.200. The Labute approximate surface area is 127 Å². The molecule has 1 aromatic rings. The van der Waals surface area contributed by atoms with E-state index in [0.717, 1.165) is 29.8 Å². The number of nitrogens with one attached hydrogen (secondary N) is 1. The van der Waals surface area contributed by atoms with Gasteiger partial charge in [-0.25, -0.2) is 0 Å². The number of halogens is 1. The van der Waals surface area contributed by atoms with Crippen molar-refractivity contribution >= 4 is 11.6 Å². The maximum atomic E-state index is 6.22. The van der Waals surface area contributed by atoms with Gasteiger partial charge in [-0.05, 0) is 49.9 Å². The lowest BCUT2D eigenvalue weighted by Gasteiger charge is -2.49. The van der Waals surface area contributed by atoms with Crippen LogP contribution in [-0.4, -0.2) is 20.2 Å². The third-order valence-electron chi connectivity index (χ3n) is 4.56. The number of ether oxygens (including phenoxy) is 1. The van der Waals surface area contributed by atoms with Gasteiger partial charge in [-0.2, -0.15) is 0 Å². The van der Waals surface area contributed by atoms with E-state index in [9.17, 15) is 0 Å². The standard InChI is InChI=1S/C17H26ClNO/c1-4-8-19-12-17(10-13(5-2)11-17)15-9-14(18)6-7-16(15)20-3/h6-7,9,13,19H,4-5,8,10-12H2,1-3H3. The summed E-state index contributed by atoms with van der Waals surface area (Å²) in [5.41, 5.74) is 1.48. The summed E-state index contributed by atoms with van der Waals surface area (Å²) in [5.74, 6) is 1.81. The van der Waals surface area contributed by atoms with Crippen LogP contribution in [0.15, 0.2) is 18.2 Å². The number of rotatable bonds is 7. The maximum Gasteiger partial charge on any atom is 0.122 e. The van der Waals surface area contributed by atoms with Gasteiger partial charge in [0.2, 0.25) is 0 Å². The molecule has 1 aliphatic carbocycles. The van der Waals surface area contributed by atoms with Crippen molar-refractivity contribution in [2.45, 2.75) is 44.9 Å². The fraction of sp³-hybridized carbons (Fsp3) is 0.647. The molecule has 1 N–H and O–H groups in total. The monoisotopic (exact) mass is 295 g/mol. The van der Waals surface area contributed by atoms with E-state index in [1.54, 1.807) is 7.11 Å². The molecule has 1 saturated carbocycles. The summed E-state index contributed by atoms with van der Waals surface area (Å²) < 4.78 is 5.57. The lowest BCUT2D eigenvalue weighted by molar-refractivity contribution is 0.130. The quantitative estimate of drug-likeness (QED) is 0.753. The topological polar surface area (TPSA) is 21.3 Å². The number of hydrogen-bond donors (Lipinski definition) is 1. The Morgan fingerprint density at radius 3 is 2.70 bits per heavy atom. The molecule has 1 aliphatic rings. The van der Waals surface area contributed by atoms with Crippen LogP contribution >= 0.6 is 11.6 Å². The molecule has 2 nitrogen and oxygen atoms in total. The van der Waals surface area contributed by atoms with E-state index in [-0.39, 0.29) is 5.41 Å². The summed E-state index contributed by atoms with van der Waals surface area (Å²) in [6, 6.07) is 6.01. The molecule has 1 fully saturated rings. The normalized spacial score (nSPS) is 25.3. The fourth-order valence-corrected chi connectivity index (χ4v) is 3.56. The summed E-state index contributed by atoms with van der Waals surface area (Å²) in [7, 11) is 1.75. The number of methoxy groups -OCH3 is 1. The summed E-state index contributed by atoms with van der Waals surface area (Å²) >= 11 is 6.22. The van der Waals surface area contributed by atoms with Crippen molar-refractivity contribution in [3.63, 3.8) is 0 Å². The number of hydrogen-bond acceptors (Lipinski definition) is 2. The van der Waals surface area contributed by atoms with Crippen molar-refractivity contribution in [2.24, 2.45) is 5.92 Å². The van der Waals surface area contributed by atoms with Gasteiger partial charge in [0.15, 0.2) is 0 Å². The van der Waals surface area contributed by atoms with Crippen LogP contribution in [0.4, 0.5) is 0 Å². The third-order valence-corrected chi connectivity index (χ3v) is 4.79.